The van der Waals surface area contributed by atoms with Crippen molar-refractivity contribution in [2.24, 2.45) is 0 Å². The van der Waals surface area contributed by atoms with Crippen LogP contribution in [-0.2, 0) is 4.74 Å². The van der Waals surface area contributed by atoms with E-state index < -0.39 is 5.97 Å². The zero-order valence-corrected chi connectivity index (χ0v) is 16.0. The Kier molecular flexibility index (Phi) is 6.20. The maximum absolute atomic E-state index is 11.6. The predicted molar refractivity (Wildman–Crippen MR) is 102 cm³/mol. The summed E-state index contributed by atoms with van der Waals surface area (Å²) in [4.78, 5) is 11.6. The van der Waals surface area contributed by atoms with Gasteiger partial charge in [-0.1, -0.05) is 28.6 Å². The number of aromatic carboxylic acids is 1. The summed E-state index contributed by atoms with van der Waals surface area (Å²) in [5, 5.41) is 9.48. The molecule has 0 aliphatic heterocycles. The van der Waals surface area contributed by atoms with Gasteiger partial charge >= 0.3 is 5.97 Å². The standard InChI is InChI=1S/C17H14BrIO4/c1-10(18)15-7-11(19)3-5-13(15)16-8-12(23-9-22-2)4-6-14(16)17(20)21/h3-8H,1,9H2,2H3,(H,20,21). The van der Waals surface area contributed by atoms with E-state index in [1.807, 2.05) is 18.2 Å². The van der Waals surface area contributed by atoms with Crippen LogP contribution in [0.1, 0.15) is 15.9 Å². The van der Waals surface area contributed by atoms with Crippen molar-refractivity contribution in [2.75, 3.05) is 13.9 Å². The SMILES string of the molecule is C=C(Br)c1cc(I)ccc1-c1cc(OCOC)ccc1C(=O)O. The molecular formula is C17H14BrIO4. The van der Waals surface area contributed by atoms with Crippen LogP contribution in [0.2, 0.25) is 0 Å². The van der Waals surface area contributed by atoms with Crippen LogP contribution in [0.4, 0.5) is 0 Å². The molecule has 0 saturated carbocycles. The lowest BCUT2D eigenvalue weighted by atomic mass is 9.95. The monoisotopic (exact) mass is 488 g/mol. The van der Waals surface area contributed by atoms with E-state index in [-0.39, 0.29) is 12.4 Å². The van der Waals surface area contributed by atoms with Gasteiger partial charge in [-0.25, -0.2) is 4.79 Å². The van der Waals surface area contributed by atoms with E-state index in [0.29, 0.717) is 15.8 Å². The molecule has 0 amide bonds. The number of benzene rings is 2. The van der Waals surface area contributed by atoms with E-state index in [0.717, 1.165) is 14.7 Å². The highest BCUT2D eigenvalue weighted by Crippen LogP contribution is 2.36. The highest BCUT2D eigenvalue weighted by atomic mass is 127. The minimum atomic E-state index is -0.997. The van der Waals surface area contributed by atoms with Crippen LogP contribution >= 0.6 is 38.5 Å². The van der Waals surface area contributed by atoms with Crippen molar-refractivity contribution >= 4 is 49.0 Å². The molecule has 0 spiro atoms. The number of carboxylic acids is 1. The number of ether oxygens (including phenoxy) is 2. The van der Waals surface area contributed by atoms with Crippen LogP contribution in [0, 0.1) is 3.57 Å². The number of hydrogen-bond donors (Lipinski definition) is 1. The number of carboxylic acid groups (broad SMARTS) is 1. The summed E-state index contributed by atoms with van der Waals surface area (Å²) < 4.78 is 12.0. The highest BCUT2D eigenvalue weighted by molar-refractivity contribution is 14.1. The summed E-state index contributed by atoms with van der Waals surface area (Å²) in [6, 6.07) is 10.6. The van der Waals surface area contributed by atoms with Gasteiger partial charge in [0.15, 0.2) is 6.79 Å². The Labute approximate surface area is 156 Å². The van der Waals surface area contributed by atoms with Gasteiger partial charge in [0.05, 0.1) is 5.56 Å². The van der Waals surface area contributed by atoms with E-state index in [1.165, 1.54) is 13.2 Å². The van der Waals surface area contributed by atoms with Crippen molar-refractivity contribution in [3.63, 3.8) is 0 Å². The molecule has 6 heteroatoms. The molecule has 0 unspecified atom stereocenters. The molecule has 1 N–H and O–H groups in total. The molecule has 0 aromatic heterocycles. The van der Waals surface area contributed by atoms with Gasteiger partial charge in [0.1, 0.15) is 5.75 Å². The zero-order valence-electron chi connectivity index (χ0n) is 12.3. The van der Waals surface area contributed by atoms with Crippen LogP contribution in [0.3, 0.4) is 0 Å². The molecule has 0 aliphatic rings. The van der Waals surface area contributed by atoms with Gasteiger partial charge in [0, 0.05) is 20.7 Å². The Hall–Kier alpha value is -1.38. The molecule has 0 heterocycles. The topological polar surface area (TPSA) is 55.8 Å². The summed E-state index contributed by atoms with van der Waals surface area (Å²) >= 11 is 5.59. The number of rotatable bonds is 6. The van der Waals surface area contributed by atoms with Gasteiger partial charge in [0.25, 0.3) is 0 Å². The van der Waals surface area contributed by atoms with Crippen LogP contribution in [-0.4, -0.2) is 25.0 Å². The van der Waals surface area contributed by atoms with Crippen molar-refractivity contribution in [2.45, 2.75) is 0 Å². The molecule has 2 aromatic rings. The van der Waals surface area contributed by atoms with Gasteiger partial charge in [-0.2, -0.15) is 0 Å². The van der Waals surface area contributed by atoms with E-state index in [2.05, 4.69) is 45.1 Å². The fraction of sp³-hybridized carbons (Fsp3) is 0.118. The summed E-state index contributed by atoms with van der Waals surface area (Å²) in [5.41, 5.74) is 2.37. The molecule has 120 valence electrons. The van der Waals surface area contributed by atoms with Gasteiger partial charge in [-0.05, 0) is 64.0 Å². The summed E-state index contributed by atoms with van der Waals surface area (Å²) in [5.74, 6) is -0.459. The van der Waals surface area contributed by atoms with Crippen molar-refractivity contribution in [3.05, 3.63) is 57.7 Å². The third-order valence-corrected chi connectivity index (χ3v) is 4.23. The fourth-order valence-electron chi connectivity index (χ4n) is 2.13. The van der Waals surface area contributed by atoms with Gasteiger partial charge in [-0.15, -0.1) is 0 Å². The van der Waals surface area contributed by atoms with E-state index >= 15 is 0 Å². The molecule has 23 heavy (non-hydrogen) atoms. The highest BCUT2D eigenvalue weighted by Gasteiger charge is 2.17. The van der Waals surface area contributed by atoms with E-state index in [9.17, 15) is 9.90 Å². The lowest BCUT2D eigenvalue weighted by Crippen LogP contribution is -2.03. The first-order valence-corrected chi connectivity index (χ1v) is 8.45. The molecular weight excluding hydrogens is 475 g/mol. The van der Waals surface area contributed by atoms with Crippen molar-refractivity contribution in [1.29, 1.82) is 0 Å². The maximum atomic E-state index is 11.6. The molecule has 4 nitrogen and oxygen atoms in total. The first-order chi connectivity index (χ1) is 10.9. The van der Waals surface area contributed by atoms with Crippen molar-refractivity contribution in [3.8, 4) is 16.9 Å². The quantitative estimate of drug-likeness (QED) is 0.459. The number of halogens is 2. The molecule has 2 aromatic carbocycles. The van der Waals surface area contributed by atoms with Crippen LogP contribution in [0.25, 0.3) is 15.6 Å². The lowest BCUT2D eigenvalue weighted by molar-refractivity contribution is 0.0511. The molecule has 0 atom stereocenters. The zero-order chi connectivity index (χ0) is 17.0. The predicted octanol–water partition coefficient (Wildman–Crippen LogP) is 5.00. The largest absolute Gasteiger partial charge is 0.478 e. The Balaban J connectivity index is 2.65. The first kappa shape index (κ1) is 18.0. The molecule has 0 fully saturated rings. The molecule has 0 aliphatic carbocycles. The minimum Gasteiger partial charge on any atom is -0.478 e. The second-order valence-electron chi connectivity index (χ2n) is 4.66. The van der Waals surface area contributed by atoms with Crippen molar-refractivity contribution < 1.29 is 19.4 Å². The average Bonchev–Trinajstić information content (AvgIpc) is 2.52. The van der Waals surface area contributed by atoms with E-state index in [1.54, 1.807) is 12.1 Å². The van der Waals surface area contributed by atoms with Crippen molar-refractivity contribution in [1.82, 2.24) is 0 Å². The minimum absolute atomic E-state index is 0.0938. The second kappa shape index (κ2) is 7.94. The summed E-state index contributed by atoms with van der Waals surface area (Å²) in [7, 11) is 1.53. The number of methoxy groups -OCH3 is 1. The van der Waals surface area contributed by atoms with Crippen LogP contribution < -0.4 is 4.74 Å². The van der Waals surface area contributed by atoms with Crippen LogP contribution in [0.15, 0.2) is 43.0 Å². The lowest BCUT2D eigenvalue weighted by Gasteiger charge is -2.14. The fourth-order valence-corrected chi connectivity index (χ4v) is 2.94. The number of hydrogen-bond acceptors (Lipinski definition) is 3. The third-order valence-electron chi connectivity index (χ3n) is 3.13. The average molecular weight is 489 g/mol. The Morgan fingerprint density at radius 3 is 2.57 bits per heavy atom. The summed E-state index contributed by atoms with van der Waals surface area (Å²) in [6.07, 6.45) is 0. The van der Waals surface area contributed by atoms with E-state index in [4.69, 9.17) is 9.47 Å². The molecule has 0 radical (unpaired) electrons. The smallest absolute Gasteiger partial charge is 0.336 e. The van der Waals surface area contributed by atoms with Crippen LogP contribution in [0.5, 0.6) is 5.75 Å². The maximum Gasteiger partial charge on any atom is 0.336 e. The first-order valence-electron chi connectivity index (χ1n) is 6.58. The molecule has 2 rings (SSSR count). The Morgan fingerprint density at radius 2 is 1.96 bits per heavy atom. The van der Waals surface area contributed by atoms with Gasteiger partial charge in [-0.3, -0.25) is 0 Å². The normalized spacial score (nSPS) is 10.4. The molecule has 0 saturated heterocycles. The Morgan fingerprint density at radius 1 is 1.22 bits per heavy atom. The summed E-state index contributed by atoms with van der Waals surface area (Å²) in [6.45, 7) is 4.01. The Bertz CT molecular complexity index is 758. The van der Waals surface area contributed by atoms with Gasteiger partial charge in [0.2, 0.25) is 0 Å². The third kappa shape index (κ3) is 4.33. The molecule has 0 bridgehead atoms. The number of carbonyl (C=O) groups is 1. The van der Waals surface area contributed by atoms with Gasteiger partial charge < -0.3 is 14.6 Å². The second-order valence-corrected chi connectivity index (χ2v) is 6.86.